The molecule has 2 aliphatic rings. The molecule has 1 fully saturated rings. The lowest BCUT2D eigenvalue weighted by molar-refractivity contribution is 0.0355. The van der Waals surface area contributed by atoms with Crippen LogP contribution in [0.1, 0.15) is 34.3 Å². The monoisotopic (exact) mass is 456 g/mol. The molecule has 1 N–H and O–H groups in total. The largest absolute Gasteiger partial charge is 0.359 e. The predicted octanol–water partition coefficient (Wildman–Crippen LogP) is 5.35. The maximum atomic E-state index is 13.4. The maximum Gasteiger partial charge on any atom is 0.323 e. The number of amides is 3. The van der Waals surface area contributed by atoms with Gasteiger partial charge in [-0.1, -0.05) is 52.6 Å². The minimum atomic E-state index is -0.440. The van der Waals surface area contributed by atoms with Gasteiger partial charge in [0.15, 0.2) is 5.76 Å². The van der Waals surface area contributed by atoms with Crippen LogP contribution in [0.3, 0.4) is 0 Å². The Balaban J connectivity index is 1.49. The molecular weight excluding hydrogens is 439 g/mol. The Morgan fingerprint density at radius 3 is 2.65 bits per heavy atom. The number of hydrogen-bond donors (Lipinski definition) is 1. The van der Waals surface area contributed by atoms with Gasteiger partial charge in [0.25, 0.3) is 5.91 Å². The van der Waals surface area contributed by atoms with Gasteiger partial charge in [0.05, 0.1) is 10.0 Å². The number of aromatic nitrogens is 1. The number of nitrogens with one attached hydrogen (secondary N) is 1. The van der Waals surface area contributed by atoms with E-state index in [9.17, 15) is 9.59 Å². The fraction of sp³-hybridized carbons (Fsp3) is 0.227. The number of fused-ring (bicyclic) bond motifs is 3. The lowest BCUT2D eigenvalue weighted by Gasteiger charge is -2.40. The lowest BCUT2D eigenvalue weighted by atomic mass is 10.1. The highest BCUT2D eigenvalue weighted by Crippen LogP contribution is 2.41. The molecule has 0 saturated carbocycles. The van der Waals surface area contributed by atoms with Gasteiger partial charge in [-0.25, -0.2) is 4.79 Å². The number of halogens is 2. The van der Waals surface area contributed by atoms with Crippen LogP contribution < -0.4 is 5.32 Å². The van der Waals surface area contributed by atoms with Gasteiger partial charge < -0.3 is 14.7 Å². The Labute approximate surface area is 188 Å². The molecule has 0 bridgehead atoms. The van der Waals surface area contributed by atoms with Crippen LogP contribution in [-0.2, 0) is 0 Å². The number of anilines is 1. The number of hydrogen-bond acceptors (Lipinski definition) is 4. The summed E-state index contributed by atoms with van der Waals surface area (Å²) in [5.74, 6) is 0.374. The molecule has 2 aliphatic heterocycles. The van der Waals surface area contributed by atoms with Crippen molar-refractivity contribution in [3.63, 3.8) is 0 Å². The molecule has 0 aliphatic carbocycles. The fourth-order valence-electron chi connectivity index (χ4n) is 4.25. The zero-order chi connectivity index (χ0) is 21.7. The Kier molecular flexibility index (Phi) is 4.87. The second-order valence-corrected chi connectivity index (χ2v) is 8.31. The van der Waals surface area contributed by atoms with Crippen molar-refractivity contribution in [3.8, 4) is 11.3 Å². The van der Waals surface area contributed by atoms with Crippen molar-refractivity contribution < 1.29 is 14.1 Å². The zero-order valence-electron chi connectivity index (χ0n) is 16.6. The predicted molar refractivity (Wildman–Crippen MR) is 117 cm³/mol. The molecule has 1 aromatic heterocycles. The van der Waals surface area contributed by atoms with Crippen molar-refractivity contribution in [1.29, 1.82) is 0 Å². The first-order valence-electron chi connectivity index (χ1n) is 9.85. The Morgan fingerprint density at radius 2 is 1.87 bits per heavy atom. The van der Waals surface area contributed by atoms with E-state index in [2.05, 4.69) is 10.5 Å². The quantitative estimate of drug-likeness (QED) is 0.563. The minimum absolute atomic E-state index is 0.0530. The van der Waals surface area contributed by atoms with Gasteiger partial charge in [-0.3, -0.25) is 9.69 Å². The number of carbonyl (C=O) groups is 2. The third-order valence-corrected chi connectivity index (χ3v) is 6.30. The van der Waals surface area contributed by atoms with Crippen LogP contribution in [0.15, 0.2) is 47.0 Å². The lowest BCUT2D eigenvalue weighted by Crippen LogP contribution is -2.50. The van der Waals surface area contributed by atoms with E-state index in [0.29, 0.717) is 57.8 Å². The molecule has 31 heavy (non-hydrogen) atoms. The van der Waals surface area contributed by atoms with Crippen molar-refractivity contribution in [3.05, 3.63) is 69.4 Å². The van der Waals surface area contributed by atoms with Crippen LogP contribution in [-0.4, -0.2) is 40.0 Å². The zero-order valence-corrected chi connectivity index (χ0v) is 18.1. The molecule has 0 radical (unpaired) electrons. The molecule has 3 aromatic rings. The molecule has 2 aromatic carbocycles. The van der Waals surface area contributed by atoms with Crippen LogP contribution >= 0.6 is 23.2 Å². The van der Waals surface area contributed by atoms with E-state index in [1.54, 1.807) is 41.0 Å². The Hall–Kier alpha value is -3.03. The van der Waals surface area contributed by atoms with E-state index in [1.165, 1.54) is 0 Å². The molecular formula is C22H18Cl2N4O3. The normalized spacial score (nSPS) is 17.5. The summed E-state index contributed by atoms with van der Waals surface area (Å²) in [4.78, 5) is 29.6. The van der Waals surface area contributed by atoms with Gasteiger partial charge in [0, 0.05) is 29.8 Å². The Morgan fingerprint density at radius 1 is 1.13 bits per heavy atom. The summed E-state index contributed by atoms with van der Waals surface area (Å²) in [5, 5.41) is 7.79. The maximum absolute atomic E-state index is 13.4. The highest BCUT2D eigenvalue weighted by Gasteiger charge is 2.44. The topological polar surface area (TPSA) is 78.7 Å². The molecule has 1 unspecified atom stereocenters. The van der Waals surface area contributed by atoms with Gasteiger partial charge in [0.1, 0.15) is 17.5 Å². The van der Waals surface area contributed by atoms with Gasteiger partial charge in [0.2, 0.25) is 0 Å². The van der Waals surface area contributed by atoms with Crippen LogP contribution in [0.25, 0.3) is 11.3 Å². The van der Waals surface area contributed by atoms with Crippen molar-refractivity contribution in [2.75, 3.05) is 18.4 Å². The first-order chi connectivity index (χ1) is 15.0. The number of aryl methyl sites for hydroxylation is 1. The number of nitrogens with zero attached hydrogens (tertiary/aromatic N) is 3. The first kappa shape index (κ1) is 19.9. The van der Waals surface area contributed by atoms with Crippen LogP contribution in [0, 0.1) is 6.92 Å². The van der Waals surface area contributed by atoms with Crippen LogP contribution in [0.4, 0.5) is 10.5 Å². The molecule has 1 saturated heterocycles. The van der Waals surface area contributed by atoms with Gasteiger partial charge >= 0.3 is 6.03 Å². The molecule has 0 spiro atoms. The van der Waals surface area contributed by atoms with Crippen molar-refractivity contribution >= 4 is 40.8 Å². The summed E-state index contributed by atoms with van der Waals surface area (Å²) in [6, 6.07) is 12.2. The molecule has 3 heterocycles. The number of benzene rings is 2. The number of urea groups is 1. The average Bonchev–Trinajstić information content (AvgIpc) is 3.26. The third kappa shape index (κ3) is 3.16. The van der Waals surface area contributed by atoms with E-state index in [0.717, 1.165) is 5.56 Å². The number of carbonyl (C=O) groups excluding carboxylic acids is 2. The highest BCUT2D eigenvalue weighted by atomic mass is 35.5. The van der Waals surface area contributed by atoms with Crippen molar-refractivity contribution in [2.24, 2.45) is 0 Å². The summed E-state index contributed by atoms with van der Waals surface area (Å²) < 4.78 is 5.34. The van der Waals surface area contributed by atoms with Crippen molar-refractivity contribution in [1.82, 2.24) is 15.0 Å². The molecule has 3 amide bonds. The minimum Gasteiger partial charge on any atom is -0.359 e. The van der Waals surface area contributed by atoms with E-state index >= 15 is 0 Å². The summed E-state index contributed by atoms with van der Waals surface area (Å²) in [7, 11) is 0. The summed E-state index contributed by atoms with van der Waals surface area (Å²) in [6.07, 6.45) is 0.250. The van der Waals surface area contributed by atoms with Gasteiger partial charge in [-0.2, -0.15) is 0 Å². The highest BCUT2D eigenvalue weighted by molar-refractivity contribution is 6.39. The summed E-state index contributed by atoms with van der Waals surface area (Å²) >= 11 is 12.7. The molecule has 158 valence electrons. The smallest absolute Gasteiger partial charge is 0.323 e. The van der Waals surface area contributed by atoms with Gasteiger partial charge in [-0.05, 0) is 31.5 Å². The first-order valence-corrected chi connectivity index (χ1v) is 10.6. The van der Waals surface area contributed by atoms with E-state index in [4.69, 9.17) is 27.7 Å². The number of rotatable bonds is 2. The summed E-state index contributed by atoms with van der Waals surface area (Å²) in [5.41, 5.74) is 2.71. The van der Waals surface area contributed by atoms with Crippen LogP contribution in [0.2, 0.25) is 10.0 Å². The average molecular weight is 457 g/mol. The van der Waals surface area contributed by atoms with E-state index < -0.39 is 6.17 Å². The standard InChI is InChI=1S/C22H18Cl2N4O3/c1-12-18(19(26-31-12)17-15(23)8-4-9-16(17)24)25-22(30)28-11-5-10-27-20(28)13-6-2-3-7-14(13)21(27)29/h2-4,6-9,20H,5,10-11H2,1H3,(H,25,30). The second kappa shape index (κ2) is 7.59. The molecule has 7 nitrogen and oxygen atoms in total. The summed E-state index contributed by atoms with van der Waals surface area (Å²) in [6.45, 7) is 2.82. The second-order valence-electron chi connectivity index (χ2n) is 7.50. The molecule has 9 heteroatoms. The fourth-order valence-corrected chi connectivity index (χ4v) is 4.83. The van der Waals surface area contributed by atoms with Crippen molar-refractivity contribution in [2.45, 2.75) is 19.5 Å². The third-order valence-electron chi connectivity index (χ3n) is 5.67. The Bertz CT molecular complexity index is 1190. The SMILES string of the molecule is Cc1onc(-c2c(Cl)cccc2Cl)c1NC(=O)N1CCCN2C(=O)c3ccccc3C12. The molecule has 5 rings (SSSR count). The van der Waals surface area contributed by atoms with E-state index in [1.807, 2.05) is 18.2 Å². The van der Waals surface area contributed by atoms with Gasteiger partial charge in [-0.15, -0.1) is 0 Å². The molecule has 1 atom stereocenters. The van der Waals surface area contributed by atoms with Crippen LogP contribution in [0.5, 0.6) is 0 Å². The van der Waals surface area contributed by atoms with E-state index in [-0.39, 0.29) is 11.9 Å².